The van der Waals surface area contributed by atoms with Gasteiger partial charge in [-0.3, -0.25) is 0 Å². The number of benzene rings is 11. The van der Waals surface area contributed by atoms with Gasteiger partial charge >= 0.3 is 0 Å². The largest absolute Gasteiger partial charge is 0.456 e. The molecule has 12 rings (SSSR count). The summed E-state index contributed by atoms with van der Waals surface area (Å²) < 4.78 is 68.0. The van der Waals surface area contributed by atoms with Gasteiger partial charge in [0.2, 0.25) is 0 Å². The van der Waals surface area contributed by atoms with Gasteiger partial charge in [-0.05, 0) is 128 Å². The zero-order valence-corrected chi connectivity index (χ0v) is 27.0. The molecule has 0 N–H and O–H groups in total. The monoisotopic (exact) mass is 651 g/mol. The van der Waals surface area contributed by atoms with Gasteiger partial charge in [-0.25, -0.2) is 0 Å². The molecule has 0 aliphatic rings. The SMILES string of the molecule is [2H]c1c([2H])c([2H])c2c(oc3c([2H])c([2H])c([2H])c(-c4cc(-c5ccc6ccc7cccc8ccc5c6c78)cc(-c5ccc6ccc7cccc8ccc5c6c78)c4)c32)c1[2H]. The lowest BCUT2D eigenvalue weighted by Gasteiger charge is -2.18. The Morgan fingerprint density at radius 3 is 1.35 bits per heavy atom. The Kier molecular flexibility index (Phi) is 4.17. The quantitative estimate of drug-likeness (QED) is 0.173. The van der Waals surface area contributed by atoms with Gasteiger partial charge in [0, 0.05) is 10.8 Å². The Bertz CT molecular complexity index is 3570. The first-order valence-corrected chi connectivity index (χ1v) is 17.1. The molecule has 0 radical (unpaired) electrons. The van der Waals surface area contributed by atoms with Crippen LogP contribution in [-0.2, 0) is 0 Å². The fraction of sp³-hybridized carbons (Fsp3) is 0. The first-order valence-electron chi connectivity index (χ1n) is 20.6. The predicted octanol–water partition coefficient (Wildman–Crippen LogP) is 14.4. The summed E-state index contributed by atoms with van der Waals surface area (Å²) in [4.78, 5) is 0. The molecular formula is C50H28O. The summed E-state index contributed by atoms with van der Waals surface area (Å²) >= 11 is 0. The molecule has 1 heteroatoms. The molecule has 0 atom stereocenters. The Morgan fingerprint density at radius 1 is 0.333 bits per heavy atom. The van der Waals surface area contributed by atoms with Crippen LogP contribution in [0.25, 0.3) is 120 Å². The maximum atomic E-state index is 9.45. The van der Waals surface area contributed by atoms with Crippen molar-refractivity contribution in [1.82, 2.24) is 0 Å². The van der Waals surface area contributed by atoms with Crippen molar-refractivity contribution in [2.75, 3.05) is 0 Å². The molecule has 0 amide bonds. The third-order valence-electron chi connectivity index (χ3n) is 10.8. The van der Waals surface area contributed by atoms with E-state index in [1.54, 1.807) is 0 Å². The van der Waals surface area contributed by atoms with Crippen LogP contribution >= 0.6 is 0 Å². The number of hydrogen-bond acceptors (Lipinski definition) is 1. The summed E-state index contributed by atoms with van der Waals surface area (Å²) in [6, 6.07) is 42.3. The van der Waals surface area contributed by atoms with Crippen LogP contribution in [-0.4, -0.2) is 0 Å². The van der Waals surface area contributed by atoms with Crippen molar-refractivity contribution in [2.45, 2.75) is 0 Å². The molecule has 0 saturated heterocycles. The molecule has 0 aliphatic carbocycles. The molecule has 0 aliphatic heterocycles. The zero-order chi connectivity index (χ0) is 39.3. The van der Waals surface area contributed by atoms with Crippen LogP contribution in [0.3, 0.4) is 0 Å². The number of rotatable bonds is 3. The molecule has 1 nitrogen and oxygen atoms in total. The molecule has 51 heavy (non-hydrogen) atoms. The zero-order valence-electron chi connectivity index (χ0n) is 34.0. The van der Waals surface area contributed by atoms with Crippen LogP contribution in [0.4, 0.5) is 0 Å². The number of para-hydroxylation sites is 1. The average Bonchev–Trinajstić information content (AvgIpc) is 3.65. The molecule has 0 fully saturated rings. The maximum absolute atomic E-state index is 9.45. The smallest absolute Gasteiger partial charge is 0.136 e. The van der Waals surface area contributed by atoms with Crippen LogP contribution in [0.1, 0.15) is 9.60 Å². The van der Waals surface area contributed by atoms with E-state index in [1.165, 1.54) is 10.8 Å². The molecule has 12 aromatic rings. The van der Waals surface area contributed by atoms with Gasteiger partial charge in [-0.1, -0.05) is 139 Å². The average molecular weight is 652 g/mol. The summed E-state index contributed by atoms with van der Waals surface area (Å²) in [6.45, 7) is 0. The van der Waals surface area contributed by atoms with Gasteiger partial charge in [-0.15, -0.1) is 0 Å². The normalized spacial score (nSPS) is 14.2. The van der Waals surface area contributed by atoms with E-state index in [0.29, 0.717) is 5.56 Å². The molecule has 1 aromatic heterocycles. The standard InChI is InChI=1S/C50H28O/c1-2-12-44-43(10-1)50-40(11-5-13-45(50)51-44)37-27-35(38-22-18-33-16-14-29-6-3-8-31-20-24-41(38)48(33)46(29)31)26-36(28-37)39-23-19-34-17-15-30-7-4-9-32-21-25-42(39)49(34)47(30)32/h1-28H/i1D,2D,5D,10D,11D,12D,13D. The van der Waals surface area contributed by atoms with Crippen LogP contribution in [0.15, 0.2) is 174 Å². The maximum Gasteiger partial charge on any atom is 0.136 e. The third kappa shape index (κ3) is 3.75. The van der Waals surface area contributed by atoms with E-state index in [-0.39, 0.29) is 57.7 Å². The predicted molar refractivity (Wildman–Crippen MR) is 217 cm³/mol. The number of furan rings is 1. The third-order valence-corrected chi connectivity index (χ3v) is 10.8. The molecule has 0 saturated carbocycles. The van der Waals surface area contributed by atoms with E-state index < -0.39 is 12.1 Å². The lowest BCUT2D eigenvalue weighted by molar-refractivity contribution is 0.669. The van der Waals surface area contributed by atoms with E-state index in [2.05, 4.69) is 115 Å². The molecule has 0 unspecified atom stereocenters. The Morgan fingerprint density at radius 2 is 0.784 bits per heavy atom. The van der Waals surface area contributed by atoms with Gasteiger partial charge < -0.3 is 4.42 Å². The highest BCUT2D eigenvalue weighted by atomic mass is 16.3. The Balaban J connectivity index is 1.24. The van der Waals surface area contributed by atoms with Gasteiger partial charge in [-0.2, -0.15) is 0 Å². The van der Waals surface area contributed by atoms with E-state index in [0.717, 1.165) is 76.1 Å². The second-order valence-corrected chi connectivity index (χ2v) is 13.5. The highest BCUT2D eigenvalue weighted by molar-refractivity contribution is 6.27. The topological polar surface area (TPSA) is 13.1 Å². The fourth-order valence-corrected chi connectivity index (χ4v) is 8.63. The minimum atomic E-state index is -0.450. The summed E-state index contributed by atoms with van der Waals surface area (Å²) in [5.41, 5.74) is 4.42. The Labute approximate surface area is 303 Å². The van der Waals surface area contributed by atoms with Crippen molar-refractivity contribution in [2.24, 2.45) is 0 Å². The van der Waals surface area contributed by atoms with Crippen LogP contribution in [0, 0.1) is 0 Å². The van der Waals surface area contributed by atoms with Crippen molar-refractivity contribution in [1.29, 1.82) is 0 Å². The van der Waals surface area contributed by atoms with E-state index in [9.17, 15) is 1.37 Å². The Hall–Kier alpha value is -6.70. The highest BCUT2D eigenvalue weighted by Gasteiger charge is 2.19. The lowest BCUT2D eigenvalue weighted by Crippen LogP contribution is -1.91. The molecule has 0 bridgehead atoms. The summed E-state index contributed by atoms with van der Waals surface area (Å²) in [6.07, 6.45) is 0. The molecule has 234 valence electrons. The van der Waals surface area contributed by atoms with Crippen molar-refractivity contribution in [3.05, 3.63) is 170 Å². The molecular weight excluding hydrogens is 617 g/mol. The number of fused-ring (bicyclic) bond motifs is 3. The van der Waals surface area contributed by atoms with Gasteiger partial charge in [0.05, 0.1) is 9.60 Å². The fourth-order valence-electron chi connectivity index (χ4n) is 8.63. The molecule has 0 spiro atoms. The van der Waals surface area contributed by atoms with Crippen LogP contribution in [0.2, 0.25) is 0 Å². The van der Waals surface area contributed by atoms with Gasteiger partial charge in [0.1, 0.15) is 11.2 Å². The first-order chi connectivity index (χ1) is 28.2. The van der Waals surface area contributed by atoms with Crippen molar-refractivity contribution >= 4 is 86.6 Å². The summed E-state index contributed by atoms with van der Waals surface area (Å²) in [5, 5.41) is 14.1. The molecule has 1 heterocycles. The highest BCUT2D eigenvalue weighted by Crippen LogP contribution is 2.45. The van der Waals surface area contributed by atoms with Gasteiger partial charge in [0.15, 0.2) is 0 Å². The minimum Gasteiger partial charge on any atom is -0.456 e. The van der Waals surface area contributed by atoms with Crippen molar-refractivity contribution in [3.8, 4) is 33.4 Å². The minimum absolute atomic E-state index is 0.0459. The van der Waals surface area contributed by atoms with E-state index >= 15 is 0 Å². The second kappa shape index (κ2) is 9.94. The second-order valence-electron chi connectivity index (χ2n) is 13.5. The van der Waals surface area contributed by atoms with E-state index in [1.807, 2.05) is 12.1 Å². The van der Waals surface area contributed by atoms with Crippen molar-refractivity contribution in [3.63, 3.8) is 0 Å². The number of hydrogen-bond donors (Lipinski definition) is 0. The van der Waals surface area contributed by atoms with Gasteiger partial charge in [0.25, 0.3) is 0 Å². The van der Waals surface area contributed by atoms with E-state index in [4.69, 9.17) is 12.6 Å². The van der Waals surface area contributed by atoms with Crippen LogP contribution < -0.4 is 0 Å². The van der Waals surface area contributed by atoms with Crippen molar-refractivity contribution < 1.29 is 14.0 Å². The summed E-state index contributed by atoms with van der Waals surface area (Å²) in [7, 11) is 0. The van der Waals surface area contributed by atoms with Crippen LogP contribution in [0.5, 0.6) is 0 Å². The summed E-state index contributed by atoms with van der Waals surface area (Å²) in [5.74, 6) is 0. The first kappa shape index (κ1) is 21.4. The molecule has 11 aromatic carbocycles. The lowest BCUT2D eigenvalue weighted by atomic mass is 9.85.